The molecule has 34 heavy (non-hydrogen) atoms. The summed E-state index contributed by atoms with van der Waals surface area (Å²) in [4.78, 5) is 15.1. The lowest BCUT2D eigenvalue weighted by atomic mass is 9.79. The van der Waals surface area contributed by atoms with E-state index in [4.69, 9.17) is 14.2 Å². The third-order valence-corrected chi connectivity index (χ3v) is 7.12. The van der Waals surface area contributed by atoms with Gasteiger partial charge in [0.2, 0.25) is 6.29 Å². The molecule has 0 saturated carbocycles. The fraction of sp³-hybridized carbons (Fsp3) is 0.464. The highest BCUT2D eigenvalue weighted by atomic mass is 16.7. The Morgan fingerprint density at radius 2 is 1.91 bits per heavy atom. The van der Waals surface area contributed by atoms with Gasteiger partial charge in [0.1, 0.15) is 0 Å². The van der Waals surface area contributed by atoms with Crippen LogP contribution >= 0.6 is 0 Å². The average molecular weight is 464 g/mol. The largest absolute Gasteiger partial charge is 0.459 e. The lowest BCUT2D eigenvalue weighted by Crippen LogP contribution is -2.44. The standard InChI is InChI=1S/C28H33NO5/c1-2-33-28-24(8-5-13-30)25(18-26(34-28)27(31)29-11-14-32-15-12-29)20-9-10-23-21(17-20)16-19-6-3-4-7-22(19)23/h3-4,6-7,9-10,17-18,24-25,28,30H,2,5,8,11-16H2,1H3/t24-,25-,28-/m1/s1. The number of amides is 1. The van der Waals surface area contributed by atoms with Crippen molar-refractivity contribution in [3.05, 3.63) is 71.0 Å². The SMILES string of the molecule is CCO[C@@H]1OC(C(=O)N2CCOCC2)=C[C@H](c2ccc3c(c2)Cc2ccccc2-3)[C@H]1CCCO. The second-order valence-corrected chi connectivity index (χ2v) is 9.18. The van der Waals surface area contributed by atoms with Crippen molar-refractivity contribution in [1.82, 2.24) is 4.90 Å². The smallest absolute Gasteiger partial charge is 0.288 e. The molecule has 6 heteroatoms. The second kappa shape index (κ2) is 10.3. The first-order valence-electron chi connectivity index (χ1n) is 12.4. The molecule has 0 unspecified atom stereocenters. The number of hydrogen-bond acceptors (Lipinski definition) is 5. The number of nitrogens with zero attached hydrogens (tertiary/aromatic N) is 1. The molecule has 3 aliphatic rings. The van der Waals surface area contributed by atoms with Gasteiger partial charge < -0.3 is 24.2 Å². The summed E-state index contributed by atoms with van der Waals surface area (Å²) in [6, 6.07) is 15.2. The fourth-order valence-corrected chi connectivity index (χ4v) is 5.43. The number of morpholine rings is 1. The molecule has 1 fully saturated rings. The average Bonchev–Trinajstić information content (AvgIpc) is 3.25. The molecule has 5 rings (SSSR count). The molecule has 0 bridgehead atoms. The van der Waals surface area contributed by atoms with Crippen LogP contribution in [0.25, 0.3) is 11.1 Å². The first kappa shape index (κ1) is 23.1. The number of hydrogen-bond donors (Lipinski definition) is 1. The van der Waals surface area contributed by atoms with Crippen molar-refractivity contribution < 1.29 is 24.1 Å². The predicted octanol–water partition coefficient (Wildman–Crippen LogP) is 3.87. The summed E-state index contributed by atoms with van der Waals surface area (Å²) in [5.74, 6) is 0.225. The molecular weight excluding hydrogens is 430 g/mol. The number of aliphatic hydroxyl groups excluding tert-OH is 1. The Labute approximate surface area is 201 Å². The Morgan fingerprint density at radius 1 is 1.12 bits per heavy atom. The van der Waals surface area contributed by atoms with Crippen LogP contribution in [0.15, 0.2) is 54.3 Å². The van der Waals surface area contributed by atoms with Crippen molar-refractivity contribution in [2.75, 3.05) is 39.5 Å². The van der Waals surface area contributed by atoms with Crippen LogP contribution in [-0.2, 0) is 25.4 Å². The molecule has 1 N–H and O–H groups in total. The van der Waals surface area contributed by atoms with E-state index >= 15 is 0 Å². The van der Waals surface area contributed by atoms with E-state index < -0.39 is 6.29 Å². The van der Waals surface area contributed by atoms with E-state index in [0.29, 0.717) is 45.1 Å². The summed E-state index contributed by atoms with van der Waals surface area (Å²) in [5.41, 5.74) is 6.42. The molecule has 2 aromatic carbocycles. The molecule has 1 saturated heterocycles. The number of allylic oxidation sites excluding steroid dienone is 1. The van der Waals surface area contributed by atoms with E-state index in [2.05, 4.69) is 42.5 Å². The van der Waals surface area contributed by atoms with Crippen LogP contribution in [0.2, 0.25) is 0 Å². The molecule has 0 radical (unpaired) electrons. The van der Waals surface area contributed by atoms with Gasteiger partial charge in [0, 0.05) is 38.1 Å². The fourth-order valence-electron chi connectivity index (χ4n) is 5.43. The lowest BCUT2D eigenvalue weighted by molar-refractivity contribution is -0.171. The Hall–Kier alpha value is -2.67. The van der Waals surface area contributed by atoms with Crippen molar-refractivity contribution in [1.29, 1.82) is 0 Å². The van der Waals surface area contributed by atoms with E-state index in [1.54, 1.807) is 4.90 Å². The number of benzene rings is 2. The van der Waals surface area contributed by atoms with Gasteiger partial charge in [0.25, 0.3) is 5.91 Å². The number of fused-ring (bicyclic) bond motifs is 3. The van der Waals surface area contributed by atoms with Gasteiger partial charge in [-0.3, -0.25) is 4.79 Å². The van der Waals surface area contributed by atoms with Crippen LogP contribution in [0.5, 0.6) is 0 Å². The molecule has 6 nitrogen and oxygen atoms in total. The number of carbonyl (C=O) groups excluding carboxylic acids is 1. The molecule has 2 aromatic rings. The number of aliphatic hydroxyl groups is 1. The third-order valence-electron chi connectivity index (χ3n) is 7.12. The zero-order chi connectivity index (χ0) is 23.5. The third kappa shape index (κ3) is 4.50. The quantitative estimate of drug-likeness (QED) is 0.576. The molecule has 2 heterocycles. The Morgan fingerprint density at radius 3 is 2.71 bits per heavy atom. The highest BCUT2D eigenvalue weighted by molar-refractivity contribution is 5.92. The first-order chi connectivity index (χ1) is 16.7. The summed E-state index contributed by atoms with van der Waals surface area (Å²) in [6.45, 7) is 4.76. The Kier molecular flexibility index (Phi) is 6.99. The molecule has 2 aliphatic heterocycles. The number of ether oxygens (including phenoxy) is 3. The van der Waals surface area contributed by atoms with Crippen molar-refractivity contribution in [3.63, 3.8) is 0 Å². The van der Waals surface area contributed by atoms with Gasteiger partial charge in [-0.15, -0.1) is 0 Å². The minimum Gasteiger partial charge on any atom is -0.459 e. The van der Waals surface area contributed by atoms with Crippen LogP contribution in [-0.4, -0.2) is 61.7 Å². The minimum atomic E-state index is -0.531. The van der Waals surface area contributed by atoms with Gasteiger partial charge in [-0.1, -0.05) is 42.5 Å². The zero-order valence-electron chi connectivity index (χ0n) is 19.7. The Balaban J connectivity index is 1.50. The van der Waals surface area contributed by atoms with Crippen LogP contribution in [0, 0.1) is 5.92 Å². The maximum atomic E-state index is 13.3. The van der Waals surface area contributed by atoms with Gasteiger partial charge in [-0.25, -0.2) is 0 Å². The van der Waals surface area contributed by atoms with Gasteiger partial charge in [-0.2, -0.15) is 0 Å². The number of rotatable bonds is 7. The maximum Gasteiger partial charge on any atom is 0.288 e. The summed E-state index contributed by atoms with van der Waals surface area (Å²) in [7, 11) is 0. The van der Waals surface area contributed by atoms with Crippen molar-refractivity contribution in [2.24, 2.45) is 5.92 Å². The zero-order valence-corrected chi connectivity index (χ0v) is 19.7. The molecule has 1 aliphatic carbocycles. The van der Waals surface area contributed by atoms with Gasteiger partial charge in [0.15, 0.2) is 5.76 Å². The first-order valence-corrected chi connectivity index (χ1v) is 12.4. The molecule has 180 valence electrons. The van der Waals surface area contributed by atoms with Crippen LogP contribution in [0.4, 0.5) is 0 Å². The van der Waals surface area contributed by atoms with Crippen molar-refractivity contribution in [3.8, 4) is 11.1 Å². The van der Waals surface area contributed by atoms with Gasteiger partial charge >= 0.3 is 0 Å². The predicted molar refractivity (Wildman–Crippen MR) is 129 cm³/mol. The van der Waals surface area contributed by atoms with E-state index in [1.807, 2.05) is 13.0 Å². The van der Waals surface area contributed by atoms with E-state index in [1.165, 1.54) is 22.3 Å². The van der Waals surface area contributed by atoms with Gasteiger partial charge in [0.05, 0.1) is 13.2 Å². The normalized spacial score (nSPS) is 23.6. The minimum absolute atomic E-state index is 0.00941. The molecule has 3 atom stereocenters. The molecule has 0 spiro atoms. The monoisotopic (exact) mass is 463 g/mol. The van der Waals surface area contributed by atoms with Crippen molar-refractivity contribution in [2.45, 2.75) is 38.4 Å². The highest BCUT2D eigenvalue weighted by Gasteiger charge is 2.39. The highest BCUT2D eigenvalue weighted by Crippen LogP contribution is 2.43. The number of carbonyl (C=O) groups is 1. The maximum absolute atomic E-state index is 13.3. The molecule has 1 amide bonds. The second-order valence-electron chi connectivity index (χ2n) is 9.18. The van der Waals surface area contributed by atoms with Crippen molar-refractivity contribution >= 4 is 5.91 Å². The molecule has 0 aromatic heterocycles. The van der Waals surface area contributed by atoms with Crippen LogP contribution < -0.4 is 0 Å². The van der Waals surface area contributed by atoms with E-state index in [9.17, 15) is 9.90 Å². The Bertz CT molecular complexity index is 1060. The summed E-state index contributed by atoms with van der Waals surface area (Å²) in [5, 5.41) is 9.54. The summed E-state index contributed by atoms with van der Waals surface area (Å²) in [6.07, 6.45) is 3.78. The van der Waals surface area contributed by atoms with Gasteiger partial charge in [-0.05, 0) is 60.1 Å². The van der Waals surface area contributed by atoms with E-state index in [-0.39, 0.29) is 24.3 Å². The van der Waals surface area contributed by atoms with Crippen LogP contribution in [0.1, 0.15) is 42.4 Å². The topological polar surface area (TPSA) is 68.2 Å². The van der Waals surface area contributed by atoms with Crippen LogP contribution in [0.3, 0.4) is 0 Å². The summed E-state index contributed by atoms with van der Waals surface area (Å²) >= 11 is 0. The molecular formula is C28H33NO5. The van der Waals surface area contributed by atoms with E-state index in [0.717, 1.165) is 18.4 Å². The lowest BCUT2D eigenvalue weighted by Gasteiger charge is -2.38. The summed E-state index contributed by atoms with van der Waals surface area (Å²) < 4.78 is 17.6.